The molecule has 0 aliphatic rings. The summed E-state index contributed by atoms with van der Waals surface area (Å²) < 4.78 is 7.51. The van der Waals surface area contributed by atoms with Gasteiger partial charge in [0.1, 0.15) is 5.75 Å². The molecule has 2 rings (SSSR count). The molecule has 0 N–H and O–H groups in total. The summed E-state index contributed by atoms with van der Waals surface area (Å²) >= 11 is 0. The normalized spacial score (nSPS) is 10.1. The van der Waals surface area contributed by atoms with Gasteiger partial charge in [-0.1, -0.05) is 24.3 Å². The summed E-state index contributed by atoms with van der Waals surface area (Å²) in [5.74, 6) is 0.642. The molecule has 0 unspecified atom stereocenters. The lowest BCUT2D eigenvalue weighted by Crippen LogP contribution is -2.35. The van der Waals surface area contributed by atoms with Crippen molar-refractivity contribution < 1.29 is 9.53 Å². The Kier molecular flexibility index (Phi) is 5.21. The second kappa shape index (κ2) is 7.33. The van der Waals surface area contributed by atoms with Crippen LogP contribution >= 0.6 is 0 Å². The van der Waals surface area contributed by atoms with Crippen molar-refractivity contribution in [3.05, 3.63) is 67.0 Å². The third kappa shape index (κ3) is 4.24. The van der Waals surface area contributed by atoms with Crippen LogP contribution < -0.4 is 4.74 Å². The lowest BCUT2D eigenvalue weighted by Gasteiger charge is -2.21. The molecule has 1 aromatic heterocycles. The van der Waals surface area contributed by atoms with Gasteiger partial charge in [0.2, 0.25) is 0 Å². The zero-order chi connectivity index (χ0) is 15.1. The Hall–Kier alpha value is -2.49. The Morgan fingerprint density at radius 3 is 2.67 bits per heavy atom. The van der Waals surface area contributed by atoms with E-state index in [-0.39, 0.29) is 12.5 Å². The summed E-state index contributed by atoms with van der Waals surface area (Å²) in [6, 6.07) is 13.3. The van der Waals surface area contributed by atoms with Crippen LogP contribution in [0.15, 0.2) is 61.3 Å². The number of rotatable bonds is 7. The summed E-state index contributed by atoms with van der Waals surface area (Å²) in [7, 11) is 1.96. The maximum atomic E-state index is 12.3. The number of aromatic nitrogens is 1. The predicted octanol–water partition coefficient (Wildman–Crippen LogP) is 2.62. The van der Waals surface area contributed by atoms with E-state index in [0.717, 1.165) is 5.69 Å². The lowest BCUT2D eigenvalue weighted by molar-refractivity contribution is -0.133. The first kappa shape index (κ1) is 14.9. The van der Waals surface area contributed by atoms with Crippen LogP contribution in [0.25, 0.3) is 0 Å². The number of carbonyl (C=O) groups is 1. The fourth-order valence-electron chi connectivity index (χ4n) is 2.02. The third-order valence-corrected chi connectivity index (χ3v) is 3.21. The summed E-state index contributed by atoms with van der Waals surface area (Å²) in [5.41, 5.74) is 1.07. The van der Waals surface area contributed by atoms with Crippen molar-refractivity contribution in [2.75, 3.05) is 13.2 Å². The van der Waals surface area contributed by atoms with Crippen LogP contribution in [0, 0.1) is 0 Å². The van der Waals surface area contributed by atoms with E-state index in [1.165, 1.54) is 0 Å². The van der Waals surface area contributed by atoms with E-state index >= 15 is 0 Å². The second-order valence-electron chi connectivity index (χ2n) is 4.78. The SMILES string of the molecule is C=CCN(Cc1cccn1C)C(=O)COc1ccccc1. The smallest absolute Gasteiger partial charge is 0.261 e. The van der Waals surface area contributed by atoms with Gasteiger partial charge in [-0.25, -0.2) is 0 Å². The highest BCUT2D eigenvalue weighted by Crippen LogP contribution is 2.10. The maximum Gasteiger partial charge on any atom is 0.261 e. The molecule has 1 heterocycles. The molecule has 2 aromatic rings. The number of hydrogen-bond donors (Lipinski definition) is 0. The van der Waals surface area contributed by atoms with Gasteiger partial charge in [0.15, 0.2) is 6.61 Å². The van der Waals surface area contributed by atoms with Crippen molar-refractivity contribution >= 4 is 5.91 Å². The van der Waals surface area contributed by atoms with E-state index in [4.69, 9.17) is 4.74 Å². The van der Waals surface area contributed by atoms with Gasteiger partial charge < -0.3 is 14.2 Å². The van der Waals surface area contributed by atoms with E-state index < -0.39 is 0 Å². The Bertz CT molecular complexity index is 590. The summed E-state index contributed by atoms with van der Waals surface area (Å²) in [6.07, 6.45) is 3.69. The molecule has 110 valence electrons. The average Bonchev–Trinajstić information content (AvgIpc) is 2.91. The van der Waals surface area contributed by atoms with E-state index in [0.29, 0.717) is 18.8 Å². The first-order valence-corrected chi connectivity index (χ1v) is 6.87. The fourth-order valence-corrected chi connectivity index (χ4v) is 2.02. The Morgan fingerprint density at radius 1 is 1.29 bits per heavy atom. The molecule has 1 aromatic carbocycles. The molecule has 0 fully saturated rings. The van der Waals surface area contributed by atoms with E-state index in [9.17, 15) is 4.79 Å². The Labute approximate surface area is 125 Å². The largest absolute Gasteiger partial charge is 0.484 e. The van der Waals surface area contributed by atoms with Gasteiger partial charge in [-0.3, -0.25) is 4.79 Å². The van der Waals surface area contributed by atoms with Crippen LogP contribution in [0.1, 0.15) is 5.69 Å². The molecule has 1 amide bonds. The number of hydrogen-bond acceptors (Lipinski definition) is 2. The van der Waals surface area contributed by atoms with E-state index in [1.807, 2.05) is 60.3 Å². The maximum absolute atomic E-state index is 12.3. The van der Waals surface area contributed by atoms with Crippen LogP contribution in [0.3, 0.4) is 0 Å². The predicted molar refractivity (Wildman–Crippen MR) is 83.0 cm³/mol. The van der Waals surface area contributed by atoms with Gasteiger partial charge in [-0.15, -0.1) is 6.58 Å². The number of nitrogens with zero attached hydrogens (tertiary/aromatic N) is 2. The van der Waals surface area contributed by atoms with Crippen molar-refractivity contribution in [1.82, 2.24) is 9.47 Å². The molecular weight excluding hydrogens is 264 g/mol. The van der Waals surface area contributed by atoms with Crippen LogP contribution in [0.2, 0.25) is 0 Å². The van der Waals surface area contributed by atoms with Crippen molar-refractivity contribution in [3.8, 4) is 5.75 Å². The second-order valence-corrected chi connectivity index (χ2v) is 4.78. The van der Waals surface area contributed by atoms with E-state index in [1.54, 1.807) is 11.0 Å². The molecule has 4 heteroatoms. The monoisotopic (exact) mass is 284 g/mol. The third-order valence-electron chi connectivity index (χ3n) is 3.21. The van der Waals surface area contributed by atoms with Crippen LogP contribution in [-0.4, -0.2) is 28.5 Å². The van der Waals surface area contributed by atoms with Crippen molar-refractivity contribution in [2.24, 2.45) is 7.05 Å². The molecule has 4 nitrogen and oxygen atoms in total. The highest BCUT2D eigenvalue weighted by molar-refractivity contribution is 5.77. The molecule has 0 radical (unpaired) electrons. The van der Waals surface area contributed by atoms with Crippen LogP contribution in [0.5, 0.6) is 5.75 Å². The van der Waals surface area contributed by atoms with E-state index in [2.05, 4.69) is 6.58 Å². The topological polar surface area (TPSA) is 34.5 Å². The van der Waals surface area contributed by atoms with Gasteiger partial charge in [0.25, 0.3) is 5.91 Å². The molecule has 0 aliphatic carbocycles. The van der Waals surface area contributed by atoms with Crippen molar-refractivity contribution in [3.63, 3.8) is 0 Å². The minimum atomic E-state index is -0.0556. The van der Waals surface area contributed by atoms with Crippen LogP contribution in [0.4, 0.5) is 0 Å². The molecule has 0 saturated heterocycles. The molecule has 0 aliphatic heterocycles. The summed E-state index contributed by atoms with van der Waals surface area (Å²) in [5, 5.41) is 0. The van der Waals surface area contributed by atoms with Gasteiger partial charge in [0.05, 0.1) is 6.54 Å². The summed E-state index contributed by atoms with van der Waals surface area (Å²) in [4.78, 5) is 14.0. The quantitative estimate of drug-likeness (QED) is 0.733. The Balaban J connectivity index is 1.95. The highest BCUT2D eigenvalue weighted by Gasteiger charge is 2.14. The van der Waals surface area contributed by atoms with Gasteiger partial charge >= 0.3 is 0 Å². The number of aryl methyl sites for hydroxylation is 1. The standard InChI is InChI=1S/C17H20N2O2/c1-3-11-19(13-15-8-7-12-18(15)2)17(20)14-21-16-9-5-4-6-10-16/h3-10,12H,1,11,13-14H2,2H3. The van der Waals surface area contributed by atoms with Gasteiger partial charge in [0, 0.05) is 25.5 Å². The van der Waals surface area contributed by atoms with Gasteiger partial charge in [-0.2, -0.15) is 0 Å². The number of amides is 1. The molecular formula is C17H20N2O2. The number of benzene rings is 1. The number of para-hydroxylation sites is 1. The van der Waals surface area contributed by atoms with Gasteiger partial charge in [-0.05, 0) is 24.3 Å². The molecule has 21 heavy (non-hydrogen) atoms. The number of carbonyl (C=O) groups excluding carboxylic acids is 1. The summed E-state index contributed by atoms with van der Waals surface area (Å²) in [6.45, 7) is 4.79. The molecule has 0 bridgehead atoms. The zero-order valence-corrected chi connectivity index (χ0v) is 12.2. The number of ether oxygens (including phenoxy) is 1. The lowest BCUT2D eigenvalue weighted by atomic mass is 10.3. The van der Waals surface area contributed by atoms with Crippen molar-refractivity contribution in [2.45, 2.75) is 6.54 Å². The molecule has 0 saturated carbocycles. The minimum Gasteiger partial charge on any atom is -0.484 e. The van der Waals surface area contributed by atoms with Crippen molar-refractivity contribution in [1.29, 1.82) is 0 Å². The first-order chi connectivity index (χ1) is 10.2. The molecule has 0 atom stereocenters. The first-order valence-electron chi connectivity index (χ1n) is 6.87. The Morgan fingerprint density at radius 2 is 2.05 bits per heavy atom. The average molecular weight is 284 g/mol. The fraction of sp³-hybridized carbons (Fsp3) is 0.235. The minimum absolute atomic E-state index is 0.0300. The zero-order valence-electron chi connectivity index (χ0n) is 12.2. The highest BCUT2D eigenvalue weighted by atomic mass is 16.5. The molecule has 0 spiro atoms. The van der Waals surface area contributed by atoms with Crippen LogP contribution in [-0.2, 0) is 18.4 Å².